The van der Waals surface area contributed by atoms with E-state index in [-0.39, 0.29) is 0 Å². The molecule has 1 aromatic heterocycles. The fourth-order valence-electron chi connectivity index (χ4n) is 1.51. The van der Waals surface area contributed by atoms with Crippen molar-refractivity contribution in [3.05, 3.63) is 52.5 Å². The summed E-state index contributed by atoms with van der Waals surface area (Å²) >= 11 is 0. The third kappa shape index (κ3) is 2.04. The van der Waals surface area contributed by atoms with Crippen LogP contribution in [0.1, 0.15) is 5.69 Å². The Morgan fingerprint density at radius 3 is 2.81 bits per heavy atom. The van der Waals surface area contributed by atoms with Gasteiger partial charge in [-0.25, -0.2) is 0 Å². The minimum atomic E-state index is 0.326. The highest BCUT2D eigenvalue weighted by Gasteiger charge is 2.05. The van der Waals surface area contributed by atoms with E-state index < -0.39 is 0 Å². The second-order valence-electron chi connectivity index (χ2n) is 3.40. The molecule has 0 saturated heterocycles. The van der Waals surface area contributed by atoms with Gasteiger partial charge in [-0.1, -0.05) is 35.4 Å². The normalized spacial score (nSPS) is 9.81. The van der Waals surface area contributed by atoms with Gasteiger partial charge in [-0.15, -0.1) is 0 Å². The zero-order chi connectivity index (χ0) is 11.4. The van der Waals surface area contributed by atoms with Gasteiger partial charge < -0.3 is 0 Å². The number of aryl methyl sites for hydroxylation is 1. The first kappa shape index (κ1) is 10.3. The van der Waals surface area contributed by atoms with Gasteiger partial charge in [-0.2, -0.15) is 5.10 Å². The van der Waals surface area contributed by atoms with Crippen molar-refractivity contribution in [2.75, 3.05) is 0 Å². The number of nitrogens with zero attached hydrogens (tertiary/aromatic N) is 5. The van der Waals surface area contributed by atoms with Gasteiger partial charge in [0.2, 0.25) is 0 Å². The Labute approximate surface area is 93.0 Å². The molecule has 5 nitrogen and oxygen atoms in total. The minimum Gasteiger partial charge on any atom is -0.272 e. The van der Waals surface area contributed by atoms with Crippen LogP contribution in [0.25, 0.3) is 21.7 Å². The van der Waals surface area contributed by atoms with Crippen molar-refractivity contribution in [3.8, 4) is 11.3 Å². The minimum absolute atomic E-state index is 0.326. The van der Waals surface area contributed by atoms with Crippen LogP contribution in [0.2, 0.25) is 0 Å². The summed E-state index contributed by atoms with van der Waals surface area (Å²) in [6.45, 7) is 0.326. The first-order valence-electron chi connectivity index (χ1n) is 4.90. The Hall–Kier alpha value is -2.26. The zero-order valence-electron chi connectivity index (χ0n) is 8.91. The van der Waals surface area contributed by atoms with E-state index in [2.05, 4.69) is 15.1 Å². The lowest BCUT2D eigenvalue weighted by Crippen LogP contribution is -1.96. The predicted octanol–water partition coefficient (Wildman–Crippen LogP) is 2.90. The van der Waals surface area contributed by atoms with Crippen LogP contribution >= 0.6 is 0 Å². The van der Waals surface area contributed by atoms with Crippen molar-refractivity contribution < 1.29 is 0 Å². The first-order valence-corrected chi connectivity index (χ1v) is 4.90. The molecular formula is C11H11N5. The Morgan fingerprint density at radius 1 is 1.38 bits per heavy atom. The SMILES string of the molecule is Cn1nc(-c2ccccc2)cc1CN=[N+]=[N-]. The van der Waals surface area contributed by atoms with Crippen LogP contribution < -0.4 is 0 Å². The second-order valence-corrected chi connectivity index (χ2v) is 3.40. The molecule has 0 aliphatic carbocycles. The number of rotatable bonds is 3. The van der Waals surface area contributed by atoms with E-state index in [4.69, 9.17) is 5.53 Å². The fraction of sp³-hybridized carbons (Fsp3) is 0.182. The number of hydrogen-bond acceptors (Lipinski definition) is 2. The Balaban J connectivity index is 2.34. The van der Waals surface area contributed by atoms with Gasteiger partial charge in [0.15, 0.2) is 0 Å². The van der Waals surface area contributed by atoms with Crippen LogP contribution in [0.15, 0.2) is 41.5 Å². The maximum atomic E-state index is 8.27. The van der Waals surface area contributed by atoms with Gasteiger partial charge in [0, 0.05) is 23.2 Å². The van der Waals surface area contributed by atoms with E-state index in [1.54, 1.807) is 4.68 Å². The molecule has 2 rings (SSSR count). The molecule has 0 fully saturated rings. The molecule has 1 aromatic carbocycles. The number of azide groups is 1. The molecule has 5 heteroatoms. The highest BCUT2D eigenvalue weighted by atomic mass is 15.3. The van der Waals surface area contributed by atoms with Crippen molar-refractivity contribution in [1.29, 1.82) is 0 Å². The number of benzene rings is 1. The van der Waals surface area contributed by atoms with E-state index in [1.165, 1.54) is 0 Å². The zero-order valence-corrected chi connectivity index (χ0v) is 8.91. The van der Waals surface area contributed by atoms with Crippen molar-refractivity contribution in [1.82, 2.24) is 9.78 Å². The molecule has 0 aliphatic heterocycles. The molecular weight excluding hydrogens is 202 g/mol. The van der Waals surface area contributed by atoms with Gasteiger partial charge in [-0.3, -0.25) is 4.68 Å². The van der Waals surface area contributed by atoms with Crippen molar-refractivity contribution in [3.63, 3.8) is 0 Å². The monoisotopic (exact) mass is 213 g/mol. The Morgan fingerprint density at radius 2 is 2.12 bits per heavy atom. The molecule has 16 heavy (non-hydrogen) atoms. The summed E-state index contributed by atoms with van der Waals surface area (Å²) in [6, 6.07) is 11.8. The lowest BCUT2D eigenvalue weighted by atomic mass is 10.1. The Bertz CT molecular complexity index is 523. The summed E-state index contributed by atoms with van der Waals surface area (Å²) in [6.07, 6.45) is 0. The van der Waals surface area contributed by atoms with Crippen molar-refractivity contribution in [2.24, 2.45) is 12.2 Å². The highest BCUT2D eigenvalue weighted by molar-refractivity contribution is 5.59. The van der Waals surface area contributed by atoms with Crippen LogP contribution in [0.5, 0.6) is 0 Å². The molecule has 80 valence electrons. The lowest BCUT2D eigenvalue weighted by molar-refractivity contribution is 0.713. The standard InChI is InChI=1S/C11H11N5/c1-16-10(8-13-15-12)7-11(14-16)9-5-3-2-4-6-9/h2-7H,8H2,1H3. The number of aromatic nitrogens is 2. The van der Waals surface area contributed by atoms with Crippen LogP contribution in [0.4, 0.5) is 0 Å². The molecule has 2 aromatic rings. The van der Waals surface area contributed by atoms with Gasteiger partial charge in [0.05, 0.1) is 12.2 Å². The lowest BCUT2D eigenvalue weighted by Gasteiger charge is -1.94. The quantitative estimate of drug-likeness (QED) is 0.439. The second kappa shape index (κ2) is 4.51. The summed E-state index contributed by atoms with van der Waals surface area (Å²) in [5, 5.41) is 7.90. The van der Waals surface area contributed by atoms with Gasteiger partial charge in [-0.05, 0) is 11.6 Å². The molecule has 0 unspecified atom stereocenters. The summed E-state index contributed by atoms with van der Waals surface area (Å²) in [5.41, 5.74) is 11.1. The maximum absolute atomic E-state index is 8.27. The highest BCUT2D eigenvalue weighted by Crippen LogP contribution is 2.18. The number of hydrogen-bond donors (Lipinski definition) is 0. The van der Waals surface area contributed by atoms with E-state index in [0.717, 1.165) is 17.0 Å². The third-order valence-electron chi connectivity index (χ3n) is 2.34. The van der Waals surface area contributed by atoms with Crippen LogP contribution in [0, 0.1) is 0 Å². The Kier molecular flexibility index (Phi) is 2.89. The average molecular weight is 213 g/mol. The molecule has 0 aliphatic rings. The molecule has 0 N–H and O–H groups in total. The van der Waals surface area contributed by atoms with E-state index in [0.29, 0.717) is 6.54 Å². The maximum Gasteiger partial charge on any atom is 0.0925 e. The molecule has 0 amide bonds. The summed E-state index contributed by atoms with van der Waals surface area (Å²) < 4.78 is 1.73. The largest absolute Gasteiger partial charge is 0.272 e. The molecule has 0 atom stereocenters. The summed E-state index contributed by atoms with van der Waals surface area (Å²) in [5.74, 6) is 0. The third-order valence-corrected chi connectivity index (χ3v) is 2.34. The molecule has 0 bridgehead atoms. The molecule has 1 heterocycles. The fourth-order valence-corrected chi connectivity index (χ4v) is 1.51. The molecule has 0 saturated carbocycles. The van der Waals surface area contributed by atoms with Crippen LogP contribution in [-0.2, 0) is 13.6 Å². The topological polar surface area (TPSA) is 66.6 Å². The van der Waals surface area contributed by atoms with Crippen molar-refractivity contribution >= 4 is 0 Å². The van der Waals surface area contributed by atoms with Crippen LogP contribution in [-0.4, -0.2) is 9.78 Å². The first-order chi connectivity index (χ1) is 7.81. The van der Waals surface area contributed by atoms with E-state index in [1.807, 2.05) is 43.4 Å². The predicted molar refractivity (Wildman–Crippen MR) is 61.5 cm³/mol. The smallest absolute Gasteiger partial charge is 0.0925 e. The average Bonchev–Trinajstić information content (AvgIpc) is 2.69. The molecule has 0 radical (unpaired) electrons. The van der Waals surface area contributed by atoms with Crippen LogP contribution in [0.3, 0.4) is 0 Å². The summed E-state index contributed by atoms with van der Waals surface area (Å²) in [4.78, 5) is 2.74. The summed E-state index contributed by atoms with van der Waals surface area (Å²) in [7, 11) is 1.84. The molecule has 0 spiro atoms. The van der Waals surface area contributed by atoms with E-state index >= 15 is 0 Å². The van der Waals surface area contributed by atoms with Gasteiger partial charge in [0.1, 0.15) is 0 Å². The van der Waals surface area contributed by atoms with Gasteiger partial charge in [0.25, 0.3) is 0 Å². The van der Waals surface area contributed by atoms with Gasteiger partial charge >= 0.3 is 0 Å². The van der Waals surface area contributed by atoms with E-state index in [9.17, 15) is 0 Å². The van der Waals surface area contributed by atoms with Crippen molar-refractivity contribution in [2.45, 2.75) is 6.54 Å².